The molecule has 0 unspecified atom stereocenters. The van der Waals surface area contributed by atoms with Gasteiger partial charge >= 0.3 is 6.09 Å². The quantitative estimate of drug-likeness (QED) is 0.779. The highest BCUT2D eigenvalue weighted by atomic mass is 16.6. The first kappa shape index (κ1) is 14.9. The van der Waals surface area contributed by atoms with Gasteiger partial charge in [-0.1, -0.05) is 56.5 Å². The average Bonchev–Trinajstić information content (AvgIpc) is 2.81. The van der Waals surface area contributed by atoms with Crippen LogP contribution in [0.15, 0.2) is 30.3 Å². The molecule has 4 heteroatoms. The Morgan fingerprint density at radius 3 is 2.60 bits per heavy atom. The van der Waals surface area contributed by atoms with Gasteiger partial charge in [-0.05, 0) is 12.0 Å². The zero-order valence-corrected chi connectivity index (χ0v) is 12.0. The molecule has 1 aromatic rings. The van der Waals surface area contributed by atoms with Gasteiger partial charge < -0.3 is 9.84 Å². The molecule has 1 heterocycles. The van der Waals surface area contributed by atoms with Crippen molar-refractivity contribution in [3.63, 3.8) is 0 Å². The smallest absolute Gasteiger partial charge is 0.410 e. The van der Waals surface area contributed by atoms with Crippen molar-refractivity contribution in [3.05, 3.63) is 35.9 Å². The fourth-order valence-corrected chi connectivity index (χ4v) is 2.70. The van der Waals surface area contributed by atoms with Crippen molar-refractivity contribution in [2.24, 2.45) is 0 Å². The molecular weight excluding hydrogens is 254 g/mol. The Labute approximate surface area is 120 Å². The van der Waals surface area contributed by atoms with Crippen LogP contribution < -0.4 is 0 Å². The molecule has 1 aliphatic heterocycles. The van der Waals surface area contributed by atoms with Gasteiger partial charge in [0.15, 0.2) is 6.10 Å². The predicted molar refractivity (Wildman–Crippen MR) is 77.4 cm³/mol. The van der Waals surface area contributed by atoms with Crippen molar-refractivity contribution in [3.8, 4) is 0 Å². The van der Waals surface area contributed by atoms with Crippen LogP contribution in [0.2, 0.25) is 0 Å². The van der Waals surface area contributed by atoms with E-state index in [0.29, 0.717) is 6.54 Å². The van der Waals surface area contributed by atoms with Gasteiger partial charge in [0, 0.05) is 6.54 Å². The van der Waals surface area contributed by atoms with E-state index in [1.807, 2.05) is 30.3 Å². The number of unbranched alkanes of at least 4 members (excludes halogenated alkanes) is 3. The van der Waals surface area contributed by atoms with Crippen LogP contribution in [0.25, 0.3) is 0 Å². The number of amides is 1. The van der Waals surface area contributed by atoms with E-state index < -0.39 is 6.10 Å². The van der Waals surface area contributed by atoms with Crippen molar-refractivity contribution < 1.29 is 14.6 Å². The normalized spacial score (nSPS) is 22.1. The highest BCUT2D eigenvalue weighted by molar-refractivity contribution is 5.71. The monoisotopic (exact) mass is 277 g/mol. The number of hydrogen-bond donors (Lipinski definition) is 1. The van der Waals surface area contributed by atoms with Crippen LogP contribution >= 0.6 is 0 Å². The molecule has 0 aliphatic carbocycles. The summed E-state index contributed by atoms with van der Waals surface area (Å²) < 4.78 is 5.28. The zero-order chi connectivity index (χ0) is 14.4. The Morgan fingerprint density at radius 1 is 1.20 bits per heavy atom. The maximum atomic E-state index is 12.0. The lowest BCUT2D eigenvalue weighted by Gasteiger charge is -2.24. The first-order valence-corrected chi connectivity index (χ1v) is 7.41. The Hall–Kier alpha value is -1.55. The minimum Gasteiger partial charge on any atom is -0.441 e. The summed E-state index contributed by atoms with van der Waals surface area (Å²) in [6.45, 7) is 2.71. The maximum absolute atomic E-state index is 12.0. The number of cyclic esters (lactones) is 1. The summed E-state index contributed by atoms with van der Waals surface area (Å²) >= 11 is 0. The SMILES string of the molecule is CCCCCCN1C(=O)O[C@@H](CO)[C@H]1c1ccccc1. The molecule has 4 nitrogen and oxygen atoms in total. The highest BCUT2D eigenvalue weighted by Gasteiger charge is 2.41. The van der Waals surface area contributed by atoms with Gasteiger partial charge in [-0.3, -0.25) is 4.90 Å². The predicted octanol–water partition coefficient (Wildman–Crippen LogP) is 3.12. The lowest BCUT2D eigenvalue weighted by Crippen LogP contribution is -2.31. The molecule has 0 bridgehead atoms. The number of carbonyl (C=O) groups excluding carboxylic acids is 1. The average molecular weight is 277 g/mol. The Bertz CT molecular complexity index is 421. The first-order chi connectivity index (χ1) is 9.77. The number of aliphatic hydroxyl groups excluding tert-OH is 1. The lowest BCUT2D eigenvalue weighted by molar-refractivity contribution is 0.0827. The third-order valence-electron chi connectivity index (χ3n) is 3.75. The van der Waals surface area contributed by atoms with Crippen molar-refractivity contribution in [1.29, 1.82) is 0 Å². The number of carbonyl (C=O) groups is 1. The number of nitrogens with zero attached hydrogens (tertiary/aromatic N) is 1. The van der Waals surface area contributed by atoms with Gasteiger partial charge in [0.25, 0.3) is 0 Å². The van der Waals surface area contributed by atoms with E-state index in [0.717, 1.165) is 18.4 Å². The molecule has 1 saturated heterocycles. The molecule has 1 N–H and O–H groups in total. The number of ether oxygens (including phenoxy) is 1. The van der Waals surface area contributed by atoms with Crippen LogP contribution in [-0.2, 0) is 4.74 Å². The summed E-state index contributed by atoms with van der Waals surface area (Å²) in [5, 5.41) is 9.44. The fraction of sp³-hybridized carbons (Fsp3) is 0.562. The third-order valence-corrected chi connectivity index (χ3v) is 3.75. The van der Waals surface area contributed by atoms with E-state index in [1.165, 1.54) is 12.8 Å². The Kier molecular flexibility index (Phi) is 5.41. The number of rotatable bonds is 7. The van der Waals surface area contributed by atoms with E-state index in [9.17, 15) is 9.90 Å². The Balaban J connectivity index is 2.08. The minimum atomic E-state index is -0.462. The van der Waals surface area contributed by atoms with Crippen molar-refractivity contribution in [1.82, 2.24) is 4.90 Å². The van der Waals surface area contributed by atoms with Gasteiger partial charge in [0.2, 0.25) is 0 Å². The summed E-state index contributed by atoms with van der Waals surface area (Å²) in [6, 6.07) is 9.63. The van der Waals surface area contributed by atoms with Gasteiger partial charge in [0.1, 0.15) is 0 Å². The van der Waals surface area contributed by atoms with E-state index in [4.69, 9.17) is 4.74 Å². The molecule has 1 aromatic carbocycles. The van der Waals surface area contributed by atoms with Crippen LogP contribution in [0.3, 0.4) is 0 Å². The van der Waals surface area contributed by atoms with Crippen LogP contribution in [0.5, 0.6) is 0 Å². The molecule has 1 fully saturated rings. The summed E-state index contributed by atoms with van der Waals surface area (Å²) in [6.07, 6.45) is 3.68. The third kappa shape index (κ3) is 3.31. The molecule has 0 spiro atoms. The van der Waals surface area contributed by atoms with Crippen molar-refractivity contribution in [2.45, 2.75) is 44.8 Å². The Morgan fingerprint density at radius 2 is 1.95 bits per heavy atom. The highest BCUT2D eigenvalue weighted by Crippen LogP contribution is 2.33. The zero-order valence-electron chi connectivity index (χ0n) is 12.0. The van der Waals surface area contributed by atoms with Gasteiger partial charge in [-0.15, -0.1) is 0 Å². The molecule has 1 amide bonds. The molecule has 0 aromatic heterocycles. The molecule has 2 atom stereocenters. The van der Waals surface area contributed by atoms with E-state index in [-0.39, 0.29) is 18.7 Å². The van der Waals surface area contributed by atoms with Crippen LogP contribution in [0, 0.1) is 0 Å². The number of benzene rings is 1. The largest absolute Gasteiger partial charge is 0.441 e. The van der Waals surface area contributed by atoms with Gasteiger partial charge in [-0.25, -0.2) is 4.79 Å². The second kappa shape index (κ2) is 7.29. The maximum Gasteiger partial charge on any atom is 0.410 e. The van der Waals surface area contributed by atoms with Crippen molar-refractivity contribution in [2.75, 3.05) is 13.2 Å². The summed E-state index contributed by atoms with van der Waals surface area (Å²) in [4.78, 5) is 13.7. The topological polar surface area (TPSA) is 49.8 Å². The van der Waals surface area contributed by atoms with E-state index >= 15 is 0 Å². The fourth-order valence-electron chi connectivity index (χ4n) is 2.70. The molecular formula is C16H23NO3. The first-order valence-electron chi connectivity index (χ1n) is 7.41. The van der Waals surface area contributed by atoms with E-state index in [2.05, 4.69) is 6.92 Å². The van der Waals surface area contributed by atoms with Gasteiger partial charge in [-0.2, -0.15) is 0 Å². The van der Waals surface area contributed by atoms with Gasteiger partial charge in [0.05, 0.1) is 12.6 Å². The molecule has 20 heavy (non-hydrogen) atoms. The molecule has 110 valence electrons. The molecule has 0 radical (unpaired) electrons. The number of aliphatic hydroxyl groups is 1. The second-order valence-corrected chi connectivity index (χ2v) is 5.21. The summed E-state index contributed by atoms with van der Waals surface area (Å²) in [7, 11) is 0. The molecule has 2 rings (SSSR count). The summed E-state index contributed by atoms with van der Waals surface area (Å²) in [5.74, 6) is 0. The van der Waals surface area contributed by atoms with E-state index in [1.54, 1.807) is 4.90 Å². The molecule has 1 aliphatic rings. The van der Waals surface area contributed by atoms with Crippen LogP contribution in [0.4, 0.5) is 4.79 Å². The standard InChI is InChI=1S/C16H23NO3/c1-2-3-4-8-11-17-15(13-9-6-5-7-10-13)14(12-18)20-16(17)19/h5-7,9-10,14-15,18H,2-4,8,11-12H2,1H3/t14-,15+/m0/s1. The minimum absolute atomic E-state index is 0.142. The summed E-state index contributed by atoms with van der Waals surface area (Å²) in [5.41, 5.74) is 1.02. The van der Waals surface area contributed by atoms with Crippen molar-refractivity contribution >= 4 is 6.09 Å². The van der Waals surface area contributed by atoms with Crippen LogP contribution in [0.1, 0.15) is 44.2 Å². The number of hydrogen-bond acceptors (Lipinski definition) is 3. The second-order valence-electron chi connectivity index (χ2n) is 5.21. The molecule has 0 saturated carbocycles. The van der Waals surface area contributed by atoms with Crippen LogP contribution in [-0.4, -0.2) is 35.4 Å². The lowest BCUT2D eigenvalue weighted by atomic mass is 10.0.